The molecule has 1 nitrogen and oxygen atoms in total. The fourth-order valence-electron chi connectivity index (χ4n) is 2.13. The Labute approximate surface area is 87.5 Å². The fourth-order valence-corrected chi connectivity index (χ4v) is 2.66. The maximum absolute atomic E-state index is 6.12. The molecule has 1 aliphatic rings. The molecule has 0 aromatic heterocycles. The third-order valence-electron chi connectivity index (χ3n) is 3.02. The summed E-state index contributed by atoms with van der Waals surface area (Å²) in [5.74, 6) is 0. The fraction of sp³-hybridized carbons (Fsp3) is 0.455. The third kappa shape index (κ3) is 1.16. The van der Waals surface area contributed by atoms with Gasteiger partial charge in [-0.25, -0.2) is 0 Å². The highest BCUT2D eigenvalue weighted by Crippen LogP contribution is 2.47. The van der Waals surface area contributed by atoms with Crippen LogP contribution in [0.5, 0.6) is 0 Å². The van der Waals surface area contributed by atoms with Gasteiger partial charge in [-0.1, -0.05) is 54.0 Å². The number of fused-ring (bicyclic) bond motifs is 1. The van der Waals surface area contributed by atoms with Gasteiger partial charge in [-0.3, -0.25) is 0 Å². The smallest absolute Gasteiger partial charge is 0.0433 e. The first-order valence-corrected chi connectivity index (χ1v) is 5.46. The molecule has 2 rings (SSSR count). The van der Waals surface area contributed by atoms with E-state index in [0.29, 0.717) is 4.83 Å². The summed E-state index contributed by atoms with van der Waals surface area (Å²) in [6.45, 7) is 4.47. The minimum atomic E-state index is 0.131. The summed E-state index contributed by atoms with van der Waals surface area (Å²) in [5, 5.41) is 0. The molecule has 0 saturated heterocycles. The molecule has 2 heteroatoms. The van der Waals surface area contributed by atoms with E-state index in [2.05, 4.69) is 54.0 Å². The highest BCUT2D eigenvalue weighted by atomic mass is 79.9. The molecule has 2 unspecified atom stereocenters. The standard InChI is InChI=1S/C11H14BrN/c1-11(2)8-6-4-3-5-7(8)9(13)10(11)12/h3-6,9-10H,13H2,1-2H3. The summed E-state index contributed by atoms with van der Waals surface area (Å²) in [4.78, 5) is 0.345. The first-order valence-electron chi connectivity index (χ1n) is 4.54. The Bertz CT molecular complexity index is 333. The molecular weight excluding hydrogens is 226 g/mol. The summed E-state index contributed by atoms with van der Waals surface area (Å²) >= 11 is 3.68. The predicted molar refractivity (Wildman–Crippen MR) is 59.1 cm³/mol. The Hall–Kier alpha value is -0.340. The Morgan fingerprint density at radius 2 is 1.92 bits per heavy atom. The molecule has 0 fully saturated rings. The van der Waals surface area contributed by atoms with Gasteiger partial charge in [0.15, 0.2) is 0 Å². The molecule has 0 radical (unpaired) electrons. The summed E-state index contributed by atoms with van der Waals surface area (Å²) in [7, 11) is 0. The quantitative estimate of drug-likeness (QED) is 0.693. The Kier molecular flexibility index (Phi) is 2.00. The van der Waals surface area contributed by atoms with E-state index < -0.39 is 0 Å². The van der Waals surface area contributed by atoms with Gasteiger partial charge >= 0.3 is 0 Å². The van der Waals surface area contributed by atoms with Crippen molar-refractivity contribution in [2.45, 2.75) is 30.1 Å². The topological polar surface area (TPSA) is 26.0 Å². The van der Waals surface area contributed by atoms with Gasteiger partial charge < -0.3 is 5.73 Å². The molecule has 2 N–H and O–H groups in total. The van der Waals surface area contributed by atoms with Crippen LogP contribution in [0.3, 0.4) is 0 Å². The van der Waals surface area contributed by atoms with E-state index in [9.17, 15) is 0 Å². The molecule has 0 amide bonds. The number of rotatable bonds is 0. The van der Waals surface area contributed by atoms with E-state index in [1.807, 2.05) is 0 Å². The second-order valence-electron chi connectivity index (χ2n) is 4.24. The molecular formula is C11H14BrN. The number of halogens is 1. The van der Waals surface area contributed by atoms with Crippen LogP contribution in [0.2, 0.25) is 0 Å². The van der Waals surface area contributed by atoms with Crippen molar-refractivity contribution < 1.29 is 0 Å². The summed E-state index contributed by atoms with van der Waals surface area (Å²) < 4.78 is 0. The lowest BCUT2D eigenvalue weighted by atomic mass is 9.86. The summed E-state index contributed by atoms with van der Waals surface area (Å²) in [6.07, 6.45) is 0. The van der Waals surface area contributed by atoms with Crippen LogP contribution in [0.4, 0.5) is 0 Å². The number of hydrogen-bond acceptors (Lipinski definition) is 1. The molecule has 13 heavy (non-hydrogen) atoms. The molecule has 1 aliphatic carbocycles. The molecule has 70 valence electrons. The largest absolute Gasteiger partial charge is 0.323 e. The monoisotopic (exact) mass is 239 g/mol. The molecule has 0 aliphatic heterocycles. The molecule has 1 aromatic rings. The van der Waals surface area contributed by atoms with Gasteiger partial charge in [0.25, 0.3) is 0 Å². The van der Waals surface area contributed by atoms with Crippen molar-refractivity contribution in [3.63, 3.8) is 0 Å². The Balaban J connectivity index is 2.61. The second-order valence-corrected chi connectivity index (χ2v) is 5.22. The molecule has 0 saturated carbocycles. The average molecular weight is 240 g/mol. The van der Waals surface area contributed by atoms with Crippen LogP contribution >= 0.6 is 15.9 Å². The molecule has 0 heterocycles. The first kappa shape index (κ1) is 9.22. The normalized spacial score (nSPS) is 30.2. The lowest BCUT2D eigenvalue weighted by Crippen LogP contribution is -2.29. The Morgan fingerprint density at radius 1 is 1.31 bits per heavy atom. The maximum atomic E-state index is 6.12. The van der Waals surface area contributed by atoms with Crippen molar-refractivity contribution in [2.24, 2.45) is 5.73 Å². The van der Waals surface area contributed by atoms with E-state index in [0.717, 1.165) is 0 Å². The number of hydrogen-bond donors (Lipinski definition) is 1. The highest BCUT2D eigenvalue weighted by molar-refractivity contribution is 9.09. The maximum Gasteiger partial charge on any atom is 0.0433 e. The van der Waals surface area contributed by atoms with Gasteiger partial charge in [0.05, 0.1) is 0 Å². The van der Waals surface area contributed by atoms with E-state index in [1.54, 1.807) is 0 Å². The van der Waals surface area contributed by atoms with Crippen molar-refractivity contribution in [3.8, 4) is 0 Å². The van der Waals surface area contributed by atoms with E-state index in [4.69, 9.17) is 5.73 Å². The van der Waals surface area contributed by atoms with Gasteiger partial charge in [-0.05, 0) is 11.1 Å². The van der Waals surface area contributed by atoms with Crippen molar-refractivity contribution >= 4 is 15.9 Å². The van der Waals surface area contributed by atoms with E-state index >= 15 is 0 Å². The van der Waals surface area contributed by atoms with Gasteiger partial charge in [-0.15, -0.1) is 0 Å². The third-order valence-corrected chi connectivity index (χ3v) is 4.73. The van der Waals surface area contributed by atoms with E-state index in [-0.39, 0.29) is 11.5 Å². The first-order chi connectivity index (χ1) is 6.05. The molecule has 1 aromatic carbocycles. The predicted octanol–water partition coefficient (Wildman–Crippen LogP) is 2.74. The van der Waals surface area contributed by atoms with Gasteiger partial charge in [0.2, 0.25) is 0 Å². The lowest BCUT2D eigenvalue weighted by Gasteiger charge is -2.24. The van der Waals surface area contributed by atoms with Crippen LogP contribution in [0, 0.1) is 0 Å². The highest BCUT2D eigenvalue weighted by Gasteiger charge is 2.42. The lowest BCUT2D eigenvalue weighted by molar-refractivity contribution is 0.505. The van der Waals surface area contributed by atoms with Crippen LogP contribution in [-0.4, -0.2) is 4.83 Å². The van der Waals surface area contributed by atoms with Crippen molar-refractivity contribution in [3.05, 3.63) is 35.4 Å². The van der Waals surface area contributed by atoms with Crippen molar-refractivity contribution in [1.82, 2.24) is 0 Å². The number of nitrogens with two attached hydrogens (primary N) is 1. The van der Waals surface area contributed by atoms with Gasteiger partial charge in [0.1, 0.15) is 0 Å². The summed E-state index contributed by atoms with van der Waals surface area (Å²) in [6, 6.07) is 8.57. The van der Waals surface area contributed by atoms with Crippen LogP contribution in [0.25, 0.3) is 0 Å². The van der Waals surface area contributed by atoms with Gasteiger partial charge in [0, 0.05) is 16.3 Å². The van der Waals surface area contributed by atoms with Crippen molar-refractivity contribution in [2.75, 3.05) is 0 Å². The van der Waals surface area contributed by atoms with Crippen LogP contribution < -0.4 is 5.73 Å². The minimum absolute atomic E-state index is 0.131. The number of benzene rings is 1. The van der Waals surface area contributed by atoms with Gasteiger partial charge in [-0.2, -0.15) is 0 Å². The minimum Gasteiger partial charge on any atom is -0.323 e. The molecule has 0 bridgehead atoms. The van der Waals surface area contributed by atoms with Crippen LogP contribution in [0.15, 0.2) is 24.3 Å². The van der Waals surface area contributed by atoms with E-state index in [1.165, 1.54) is 11.1 Å². The second kappa shape index (κ2) is 2.82. The van der Waals surface area contributed by atoms with Crippen LogP contribution in [0.1, 0.15) is 31.0 Å². The SMILES string of the molecule is CC1(C)c2ccccc2C(N)C1Br. The average Bonchev–Trinajstić information content (AvgIpc) is 2.30. The summed E-state index contributed by atoms with van der Waals surface area (Å²) in [5.41, 5.74) is 8.93. The molecule has 2 atom stereocenters. The number of alkyl halides is 1. The Morgan fingerprint density at radius 3 is 2.54 bits per heavy atom. The van der Waals surface area contributed by atoms with Crippen LogP contribution in [-0.2, 0) is 5.41 Å². The zero-order valence-electron chi connectivity index (χ0n) is 7.92. The zero-order chi connectivity index (χ0) is 9.64. The molecule has 0 spiro atoms. The van der Waals surface area contributed by atoms with Crippen molar-refractivity contribution in [1.29, 1.82) is 0 Å². The zero-order valence-corrected chi connectivity index (χ0v) is 9.51.